The van der Waals surface area contributed by atoms with Gasteiger partial charge in [-0.15, -0.1) is 0 Å². The van der Waals surface area contributed by atoms with Gasteiger partial charge in [-0.05, 0) is 25.0 Å². The lowest BCUT2D eigenvalue weighted by atomic mass is 10.2. The summed E-state index contributed by atoms with van der Waals surface area (Å²) >= 11 is 5.82. The Hall–Kier alpha value is -0.730. The molecule has 0 heterocycles. The monoisotopic (exact) mass is 225 g/mol. The predicted octanol–water partition coefficient (Wildman–Crippen LogP) is 3.38. The Morgan fingerprint density at radius 1 is 1.33 bits per heavy atom. The highest BCUT2D eigenvalue weighted by Gasteiger charge is 2.15. The molecule has 0 radical (unpaired) electrons. The second-order valence-electron chi connectivity index (χ2n) is 4.06. The minimum Gasteiger partial charge on any atom is -0.398 e. The summed E-state index contributed by atoms with van der Waals surface area (Å²) in [5.74, 6) is 0. The number of benzene rings is 1. The molecule has 0 saturated heterocycles. The number of hydrogen-bond donors (Lipinski definition) is 1. The molecule has 0 aliphatic heterocycles. The van der Waals surface area contributed by atoms with Crippen LogP contribution in [0.3, 0.4) is 0 Å². The fourth-order valence-electron chi connectivity index (χ4n) is 1.96. The summed E-state index contributed by atoms with van der Waals surface area (Å²) in [5, 5.41) is 0.678. The lowest BCUT2D eigenvalue weighted by molar-refractivity contribution is 0.0460. The Kier molecular flexibility index (Phi) is 3.49. The van der Waals surface area contributed by atoms with Crippen LogP contribution in [0.1, 0.15) is 31.2 Å². The van der Waals surface area contributed by atoms with Gasteiger partial charge in [-0.1, -0.05) is 30.5 Å². The Labute approximate surface area is 95.4 Å². The van der Waals surface area contributed by atoms with Crippen LogP contribution in [0.4, 0.5) is 5.69 Å². The molecule has 1 aromatic rings. The first kappa shape index (κ1) is 10.8. The second-order valence-corrected chi connectivity index (χ2v) is 4.50. The predicted molar refractivity (Wildman–Crippen MR) is 62.9 cm³/mol. The van der Waals surface area contributed by atoms with Crippen molar-refractivity contribution in [2.45, 2.75) is 38.4 Å². The summed E-state index contributed by atoms with van der Waals surface area (Å²) in [4.78, 5) is 0. The number of rotatable bonds is 3. The Morgan fingerprint density at radius 2 is 2.07 bits per heavy atom. The minimum atomic E-state index is 0.431. The van der Waals surface area contributed by atoms with Crippen LogP contribution in [-0.2, 0) is 11.3 Å². The lowest BCUT2D eigenvalue weighted by Gasteiger charge is -2.12. The van der Waals surface area contributed by atoms with E-state index < -0.39 is 0 Å². The Bertz CT molecular complexity index is 334. The normalized spacial score (nSPS) is 17.1. The number of anilines is 1. The van der Waals surface area contributed by atoms with Crippen LogP contribution < -0.4 is 5.73 Å². The van der Waals surface area contributed by atoms with E-state index in [0.717, 1.165) is 11.3 Å². The van der Waals surface area contributed by atoms with Crippen LogP contribution in [0.2, 0.25) is 5.02 Å². The summed E-state index contributed by atoms with van der Waals surface area (Å²) < 4.78 is 5.79. The molecular formula is C12H16ClNO. The molecule has 0 unspecified atom stereocenters. The first-order valence-electron chi connectivity index (χ1n) is 5.41. The van der Waals surface area contributed by atoms with E-state index in [1.807, 2.05) is 12.1 Å². The highest BCUT2D eigenvalue weighted by atomic mass is 35.5. The summed E-state index contributed by atoms with van der Waals surface area (Å²) in [6.45, 7) is 0.605. The molecule has 1 aliphatic carbocycles. The van der Waals surface area contributed by atoms with Crippen molar-refractivity contribution in [3.8, 4) is 0 Å². The van der Waals surface area contributed by atoms with E-state index in [2.05, 4.69) is 0 Å². The van der Waals surface area contributed by atoms with Crippen molar-refractivity contribution in [3.05, 3.63) is 28.8 Å². The third-order valence-electron chi connectivity index (χ3n) is 2.88. The van der Waals surface area contributed by atoms with Gasteiger partial charge in [0, 0.05) is 16.3 Å². The Balaban J connectivity index is 1.92. The van der Waals surface area contributed by atoms with Crippen molar-refractivity contribution in [1.82, 2.24) is 0 Å². The van der Waals surface area contributed by atoms with Crippen LogP contribution in [0.15, 0.2) is 18.2 Å². The van der Waals surface area contributed by atoms with Crippen molar-refractivity contribution < 1.29 is 4.74 Å². The van der Waals surface area contributed by atoms with Crippen molar-refractivity contribution in [2.24, 2.45) is 0 Å². The smallest absolute Gasteiger partial charge is 0.0740 e. The van der Waals surface area contributed by atoms with Crippen LogP contribution in [0.25, 0.3) is 0 Å². The zero-order valence-corrected chi connectivity index (χ0v) is 9.46. The summed E-state index contributed by atoms with van der Waals surface area (Å²) in [7, 11) is 0. The van der Waals surface area contributed by atoms with Gasteiger partial charge >= 0.3 is 0 Å². The lowest BCUT2D eigenvalue weighted by Crippen LogP contribution is -2.08. The van der Waals surface area contributed by atoms with Gasteiger partial charge in [0.05, 0.1) is 12.7 Å². The van der Waals surface area contributed by atoms with Crippen molar-refractivity contribution >= 4 is 17.3 Å². The number of nitrogen functional groups attached to an aromatic ring is 1. The fraction of sp³-hybridized carbons (Fsp3) is 0.500. The zero-order chi connectivity index (χ0) is 10.7. The van der Waals surface area contributed by atoms with E-state index in [-0.39, 0.29) is 0 Å². The van der Waals surface area contributed by atoms with Crippen LogP contribution in [0, 0.1) is 0 Å². The van der Waals surface area contributed by atoms with Gasteiger partial charge in [0.25, 0.3) is 0 Å². The molecule has 0 atom stereocenters. The number of ether oxygens (including phenoxy) is 1. The fourth-order valence-corrected chi connectivity index (χ4v) is 2.14. The molecule has 3 heteroatoms. The molecule has 2 N–H and O–H groups in total. The molecule has 2 nitrogen and oxygen atoms in total. The average molecular weight is 226 g/mol. The highest BCUT2D eigenvalue weighted by Crippen LogP contribution is 2.24. The summed E-state index contributed by atoms with van der Waals surface area (Å²) in [6.07, 6.45) is 5.39. The second kappa shape index (κ2) is 4.86. The molecule has 0 spiro atoms. The largest absolute Gasteiger partial charge is 0.398 e. The van der Waals surface area contributed by atoms with Crippen molar-refractivity contribution in [2.75, 3.05) is 5.73 Å². The molecule has 0 bridgehead atoms. The maximum absolute atomic E-state index is 5.84. The van der Waals surface area contributed by atoms with E-state index in [1.54, 1.807) is 6.07 Å². The summed E-state index contributed by atoms with van der Waals surface area (Å²) in [5.41, 5.74) is 7.60. The van der Waals surface area contributed by atoms with E-state index >= 15 is 0 Å². The van der Waals surface area contributed by atoms with Crippen LogP contribution in [0.5, 0.6) is 0 Å². The van der Waals surface area contributed by atoms with Gasteiger partial charge < -0.3 is 10.5 Å². The molecule has 1 saturated carbocycles. The molecular weight excluding hydrogens is 210 g/mol. The third kappa shape index (κ3) is 2.86. The highest BCUT2D eigenvalue weighted by molar-refractivity contribution is 6.30. The van der Waals surface area contributed by atoms with Crippen molar-refractivity contribution in [1.29, 1.82) is 0 Å². The van der Waals surface area contributed by atoms with Gasteiger partial charge in [0.1, 0.15) is 0 Å². The van der Waals surface area contributed by atoms with E-state index in [4.69, 9.17) is 22.1 Å². The molecule has 82 valence electrons. The van der Waals surface area contributed by atoms with Gasteiger partial charge in [0.2, 0.25) is 0 Å². The average Bonchev–Trinajstić information content (AvgIpc) is 2.69. The van der Waals surface area contributed by atoms with Gasteiger partial charge in [-0.2, -0.15) is 0 Å². The quantitative estimate of drug-likeness (QED) is 0.801. The maximum Gasteiger partial charge on any atom is 0.0740 e. The molecule has 0 amide bonds. The zero-order valence-electron chi connectivity index (χ0n) is 8.71. The maximum atomic E-state index is 5.84. The summed E-state index contributed by atoms with van der Waals surface area (Å²) in [6, 6.07) is 5.56. The molecule has 1 aliphatic rings. The molecule has 1 fully saturated rings. The number of hydrogen-bond acceptors (Lipinski definition) is 2. The van der Waals surface area contributed by atoms with E-state index in [9.17, 15) is 0 Å². The SMILES string of the molecule is Nc1cc(Cl)ccc1COC1CCCC1. The first-order chi connectivity index (χ1) is 7.25. The van der Waals surface area contributed by atoms with Crippen LogP contribution in [-0.4, -0.2) is 6.10 Å². The van der Waals surface area contributed by atoms with E-state index in [1.165, 1.54) is 25.7 Å². The van der Waals surface area contributed by atoms with E-state index in [0.29, 0.717) is 17.7 Å². The van der Waals surface area contributed by atoms with Gasteiger partial charge in [-0.25, -0.2) is 0 Å². The minimum absolute atomic E-state index is 0.431. The van der Waals surface area contributed by atoms with Crippen molar-refractivity contribution in [3.63, 3.8) is 0 Å². The van der Waals surface area contributed by atoms with Gasteiger partial charge in [-0.3, -0.25) is 0 Å². The Morgan fingerprint density at radius 3 is 2.73 bits per heavy atom. The number of halogens is 1. The standard InChI is InChI=1S/C12H16ClNO/c13-10-6-5-9(12(14)7-10)8-15-11-3-1-2-4-11/h5-7,11H,1-4,8,14H2. The topological polar surface area (TPSA) is 35.2 Å². The van der Waals surface area contributed by atoms with Crippen LogP contribution >= 0.6 is 11.6 Å². The molecule has 0 aromatic heterocycles. The first-order valence-corrected chi connectivity index (χ1v) is 5.79. The molecule has 1 aromatic carbocycles. The molecule has 2 rings (SSSR count). The third-order valence-corrected chi connectivity index (χ3v) is 3.12. The molecule has 15 heavy (non-hydrogen) atoms. The number of nitrogens with two attached hydrogens (primary N) is 1. The van der Waals surface area contributed by atoms with Gasteiger partial charge in [0.15, 0.2) is 0 Å².